The Labute approximate surface area is 94.4 Å². The predicted molar refractivity (Wildman–Crippen MR) is 57.1 cm³/mol. The zero-order chi connectivity index (χ0) is 11.4. The van der Waals surface area contributed by atoms with Gasteiger partial charge in [0.1, 0.15) is 12.4 Å². The van der Waals surface area contributed by atoms with Crippen LogP contribution in [0.15, 0.2) is 12.4 Å². The molecule has 2 atom stereocenters. The van der Waals surface area contributed by atoms with Gasteiger partial charge < -0.3 is 14.6 Å². The van der Waals surface area contributed by atoms with Gasteiger partial charge in [-0.25, -0.2) is 9.97 Å². The zero-order valence-corrected chi connectivity index (χ0v) is 9.30. The van der Waals surface area contributed by atoms with Crippen molar-refractivity contribution in [2.75, 3.05) is 20.3 Å². The van der Waals surface area contributed by atoms with E-state index in [0.717, 1.165) is 19.4 Å². The lowest BCUT2D eigenvalue weighted by atomic mass is 9.94. The van der Waals surface area contributed by atoms with Crippen molar-refractivity contribution < 1.29 is 14.6 Å². The van der Waals surface area contributed by atoms with E-state index < -0.39 is 6.10 Å². The van der Waals surface area contributed by atoms with Crippen LogP contribution >= 0.6 is 0 Å². The molecule has 16 heavy (non-hydrogen) atoms. The largest absolute Gasteiger partial charge is 0.481 e. The SMILES string of the molecule is COc1cc(C(O)C2CCCOC2)ncn1. The summed E-state index contributed by atoms with van der Waals surface area (Å²) in [6, 6.07) is 1.67. The van der Waals surface area contributed by atoms with E-state index in [4.69, 9.17) is 9.47 Å². The third kappa shape index (κ3) is 2.48. The van der Waals surface area contributed by atoms with E-state index >= 15 is 0 Å². The summed E-state index contributed by atoms with van der Waals surface area (Å²) in [5, 5.41) is 10.1. The fourth-order valence-corrected chi connectivity index (χ4v) is 1.88. The lowest BCUT2D eigenvalue weighted by Crippen LogP contribution is -2.24. The van der Waals surface area contributed by atoms with E-state index in [1.54, 1.807) is 13.2 Å². The first-order valence-corrected chi connectivity index (χ1v) is 5.43. The minimum atomic E-state index is -0.600. The Bertz CT molecular complexity index is 340. The van der Waals surface area contributed by atoms with E-state index in [0.29, 0.717) is 18.2 Å². The third-order valence-corrected chi connectivity index (χ3v) is 2.82. The molecule has 0 saturated carbocycles. The maximum atomic E-state index is 10.1. The molecule has 5 heteroatoms. The molecule has 2 rings (SSSR count). The van der Waals surface area contributed by atoms with Crippen LogP contribution in [0.4, 0.5) is 0 Å². The second kappa shape index (κ2) is 5.23. The average molecular weight is 224 g/mol. The topological polar surface area (TPSA) is 64.5 Å². The fourth-order valence-electron chi connectivity index (χ4n) is 1.88. The molecule has 0 aliphatic carbocycles. The summed E-state index contributed by atoms with van der Waals surface area (Å²) in [5.41, 5.74) is 0.599. The molecule has 1 N–H and O–H groups in total. The highest BCUT2D eigenvalue weighted by Crippen LogP contribution is 2.28. The van der Waals surface area contributed by atoms with Crippen LogP contribution in [0.5, 0.6) is 5.88 Å². The smallest absolute Gasteiger partial charge is 0.216 e. The molecule has 0 spiro atoms. The number of nitrogens with zero attached hydrogens (tertiary/aromatic N) is 2. The van der Waals surface area contributed by atoms with E-state index in [1.807, 2.05) is 0 Å². The molecule has 0 aromatic carbocycles. The number of hydrogen-bond donors (Lipinski definition) is 1. The molecule has 0 bridgehead atoms. The molecule has 0 amide bonds. The molecule has 5 nitrogen and oxygen atoms in total. The minimum Gasteiger partial charge on any atom is -0.481 e. The summed E-state index contributed by atoms with van der Waals surface area (Å²) in [7, 11) is 1.54. The maximum absolute atomic E-state index is 10.1. The number of methoxy groups -OCH3 is 1. The third-order valence-electron chi connectivity index (χ3n) is 2.82. The van der Waals surface area contributed by atoms with Gasteiger partial charge >= 0.3 is 0 Å². The van der Waals surface area contributed by atoms with Crippen molar-refractivity contribution in [3.8, 4) is 5.88 Å². The Morgan fingerprint density at radius 3 is 3.12 bits per heavy atom. The highest BCUT2D eigenvalue weighted by Gasteiger charge is 2.25. The number of aromatic nitrogens is 2. The first kappa shape index (κ1) is 11.3. The van der Waals surface area contributed by atoms with Gasteiger partial charge in [0, 0.05) is 18.6 Å². The van der Waals surface area contributed by atoms with Crippen molar-refractivity contribution in [3.05, 3.63) is 18.1 Å². The van der Waals surface area contributed by atoms with Gasteiger partial charge in [-0.3, -0.25) is 0 Å². The standard InChI is InChI=1S/C11H16N2O3/c1-15-10-5-9(12-7-13-10)11(14)8-3-2-4-16-6-8/h5,7-8,11,14H,2-4,6H2,1H3. The van der Waals surface area contributed by atoms with Gasteiger partial charge in [-0.15, -0.1) is 0 Å². The van der Waals surface area contributed by atoms with Gasteiger partial charge in [-0.1, -0.05) is 0 Å². The van der Waals surface area contributed by atoms with Gasteiger partial charge in [0.25, 0.3) is 0 Å². The fraction of sp³-hybridized carbons (Fsp3) is 0.636. The van der Waals surface area contributed by atoms with Crippen LogP contribution in [0.25, 0.3) is 0 Å². The molecular weight excluding hydrogens is 208 g/mol. The highest BCUT2D eigenvalue weighted by atomic mass is 16.5. The monoisotopic (exact) mass is 224 g/mol. The number of aliphatic hydroxyl groups excluding tert-OH is 1. The molecular formula is C11H16N2O3. The first-order valence-electron chi connectivity index (χ1n) is 5.43. The van der Waals surface area contributed by atoms with Crippen molar-refractivity contribution >= 4 is 0 Å². The van der Waals surface area contributed by atoms with Crippen LogP contribution < -0.4 is 4.74 Å². The van der Waals surface area contributed by atoms with Crippen LogP contribution in [0.1, 0.15) is 24.6 Å². The maximum Gasteiger partial charge on any atom is 0.216 e. The highest BCUT2D eigenvalue weighted by molar-refractivity contribution is 5.16. The van der Waals surface area contributed by atoms with Crippen molar-refractivity contribution in [2.45, 2.75) is 18.9 Å². The normalized spacial score (nSPS) is 22.8. The summed E-state index contributed by atoms with van der Waals surface area (Å²) < 4.78 is 10.3. The molecule has 1 fully saturated rings. The van der Waals surface area contributed by atoms with Crippen LogP contribution in [0.2, 0.25) is 0 Å². The molecule has 1 aromatic rings. The number of aliphatic hydroxyl groups is 1. The Morgan fingerprint density at radius 1 is 1.56 bits per heavy atom. The van der Waals surface area contributed by atoms with Crippen molar-refractivity contribution in [1.29, 1.82) is 0 Å². The average Bonchev–Trinajstić information content (AvgIpc) is 2.39. The number of hydrogen-bond acceptors (Lipinski definition) is 5. The van der Waals surface area contributed by atoms with Crippen LogP contribution in [0.3, 0.4) is 0 Å². The minimum absolute atomic E-state index is 0.119. The molecule has 1 saturated heterocycles. The van der Waals surface area contributed by atoms with Crippen molar-refractivity contribution in [1.82, 2.24) is 9.97 Å². The summed E-state index contributed by atoms with van der Waals surface area (Å²) in [6.45, 7) is 1.38. The van der Waals surface area contributed by atoms with Crippen molar-refractivity contribution in [3.63, 3.8) is 0 Å². The Balaban J connectivity index is 2.09. The summed E-state index contributed by atoms with van der Waals surface area (Å²) in [6.07, 6.45) is 2.76. The van der Waals surface area contributed by atoms with Gasteiger partial charge in [0.15, 0.2) is 0 Å². The van der Waals surface area contributed by atoms with Crippen LogP contribution in [-0.2, 0) is 4.74 Å². The van der Waals surface area contributed by atoms with Gasteiger partial charge in [0.2, 0.25) is 5.88 Å². The van der Waals surface area contributed by atoms with Crippen LogP contribution in [0, 0.1) is 5.92 Å². The van der Waals surface area contributed by atoms with E-state index in [1.165, 1.54) is 6.33 Å². The van der Waals surface area contributed by atoms with E-state index in [9.17, 15) is 5.11 Å². The van der Waals surface area contributed by atoms with Gasteiger partial charge in [-0.2, -0.15) is 0 Å². The molecule has 1 aliphatic heterocycles. The molecule has 2 unspecified atom stereocenters. The lowest BCUT2D eigenvalue weighted by Gasteiger charge is -2.26. The predicted octanol–water partition coefficient (Wildman–Crippen LogP) is 0.945. The number of ether oxygens (including phenoxy) is 2. The lowest BCUT2D eigenvalue weighted by molar-refractivity contribution is -0.0117. The second-order valence-corrected chi connectivity index (χ2v) is 3.91. The Hall–Kier alpha value is -1.20. The Morgan fingerprint density at radius 2 is 2.44 bits per heavy atom. The molecule has 0 radical (unpaired) electrons. The number of rotatable bonds is 3. The second-order valence-electron chi connectivity index (χ2n) is 3.91. The first-order chi connectivity index (χ1) is 7.81. The van der Waals surface area contributed by atoms with E-state index in [-0.39, 0.29) is 5.92 Å². The van der Waals surface area contributed by atoms with Crippen molar-refractivity contribution in [2.24, 2.45) is 5.92 Å². The molecule has 1 aliphatic rings. The van der Waals surface area contributed by atoms with Crippen LogP contribution in [-0.4, -0.2) is 35.4 Å². The van der Waals surface area contributed by atoms with Gasteiger partial charge in [-0.05, 0) is 12.8 Å². The van der Waals surface area contributed by atoms with Gasteiger partial charge in [0.05, 0.1) is 19.4 Å². The summed E-state index contributed by atoms with van der Waals surface area (Å²) >= 11 is 0. The molecule has 2 heterocycles. The quantitative estimate of drug-likeness (QED) is 0.828. The summed E-state index contributed by atoms with van der Waals surface area (Å²) in [5.74, 6) is 0.592. The van der Waals surface area contributed by atoms with E-state index in [2.05, 4.69) is 9.97 Å². The molecule has 88 valence electrons. The Kier molecular flexibility index (Phi) is 3.69. The molecule has 1 aromatic heterocycles. The zero-order valence-electron chi connectivity index (χ0n) is 9.30. The summed E-state index contributed by atoms with van der Waals surface area (Å²) in [4.78, 5) is 7.98.